The summed E-state index contributed by atoms with van der Waals surface area (Å²) in [6.45, 7) is 0. The van der Waals surface area contributed by atoms with E-state index in [1.54, 1.807) is 41.9 Å². The lowest BCUT2D eigenvalue weighted by Gasteiger charge is -2.34. The molecule has 1 aliphatic rings. The Hall–Kier alpha value is -2.13. The predicted molar refractivity (Wildman–Crippen MR) is 113 cm³/mol. The summed E-state index contributed by atoms with van der Waals surface area (Å²) in [6.07, 6.45) is 4.42. The highest BCUT2D eigenvalue weighted by atomic mass is 35.5. The molecule has 9 heteroatoms. The fourth-order valence-corrected chi connectivity index (χ4v) is 5.33. The molecule has 162 valence electrons. The number of amides is 1. The lowest BCUT2D eigenvalue weighted by Crippen LogP contribution is -2.51. The summed E-state index contributed by atoms with van der Waals surface area (Å²) in [5.41, 5.74) is 1.63. The minimum Gasteiger partial charge on any atom is -0.457 e. The van der Waals surface area contributed by atoms with Gasteiger partial charge in [0.2, 0.25) is 10.0 Å². The minimum absolute atomic E-state index is 0.0417. The van der Waals surface area contributed by atoms with Gasteiger partial charge in [-0.2, -0.15) is 4.31 Å². The number of carbonyl (C=O) groups excluding carboxylic acids is 1. The van der Waals surface area contributed by atoms with Gasteiger partial charge in [0.05, 0.1) is 4.90 Å². The summed E-state index contributed by atoms with van der Waals surface area (Å²) in [7, 11) is -2.57. The Morgan fingerprint density at radius 1 is 1.07 bits per heavy atom. The Bertz CT molecular complexity index is 958. The van der Waals surface area contributed by atoms with Crippen LogP contribution in [-0.2, 0) is 14.8 Å². The van der Waals surface area contributed by atoms with E-state index in [9.17, 15) is 13.2 Å². The van der Waals surface area contributed by atoms with Crippen LogP contribution in [0.1, 0.15) is 32.1 Å². The molecule has 1 fully saturated rings. The largest absolute Gasteiger partial charge is 0.457 e. The summed E-state index contributed by atoms with van der Waals surface area (Å²) in [4.78, 5) is 12.4. The third-order valence-corrected chi connectivity index (χ3v) is 7.52. The molecule has 0 aliphatic heterocycles. The number of rotatable bonds is 7. The molecular formula is C21H25ClN2O5S. The van der Waals surface area contributed by atoms with Crippen LogP contribution in [0.3, 0.4) is 0 Å². The van der Waals surface area contributed by atoms with Crippen LogP contribution in [0, 0.1) is 5.92 Å². The van der Waals surface area contributed by atoms with E-state index in [0.29, 0.717) is 16.5 Å². The van der Waals surface area contributed by atoms with Crippen LogP contribution in [0.4, 0.5) is 0 Å². The normalized spacial score (nSPS) is 16.3. The van der Waals surface area contributed by atoms with Crippen molar-refractivity contribution in [2.75, 3.05) is 7.05 Å². The highest BCUT2D eigenvalue weighted by Gasteiger charge is 2.38. The molecule has 0 radical (unpaired) electrons. The third kappa shape index (κ3) is 5.13. The number of nitrogens with one attached hydrogen (secondary N) is 1. The molecule has 0 bridgehead atoms. The van der Waals surface area contributed by atoms with Crippen molar-refractivity contribution in [2.24, 2.45) is 5.92 Å². The molecule has 30 heavy (non-hydrogen) atoms. The number of benzene rings is 2. The van der Waals surface area contributed by atoms with Crippen LogP contribution in [0.5, 0.6) is 11.5 Å². The molecule has 3 rings (SSSR count). The van der Waals surface area contributed by atoms with E-state index < -0.39 is 22.0 Å². The summed E-state index contributed by atoms with van der Waals surface area (Å²) in [6, 6.07) is 11.8. The van der Waals surface area contributed by atoms with Gasteiger partial charge in [0.25, 0.3) is 5.91 Å². The lowest BCUT2D eigenvalue weighted by molar-refractivity contribution is -0.135. The minimum atomic E-state index is -3.95. The molecule has 7 nitrogen and oxygen atoms in total. The maximum absolute atomic E-state index is 13.2. The maximum atomic E-state index is 13.2. The molecule has 2 aromatic rings. The van der Waals surface area contributed by atoms with Crippen LogP contribution in [0.15, 0.2) is 53.4 Å². The smallest absolute Gasteiger partial charge is 0.262 e. The van der Waals surface area contributed by atoms with Crippen molar-refractivity contribution in [1.29, 1.82) is 0 Å². The van der Waals surface area contributed by atoms with Gasteiger partial charge in [-0.1, -0.05) is 30.9 Å². The predicted octanol–water partition coefficient (Wildman–Crippen LogP) is 4.21. The van der Waals surface area contributed by atoms with E-state index in [-0.39, 0.29) is 10.8 Å². The first kappa shape index (κ1) is 22.6. The number of sulfonamides is 1. The first-order valence-corrected chi connectivity index (χ1v) is 11.6. The topological polar surface area (TPSA) is 95.9 Å². The third-order valence-electron chi connectivity index (χ3n) is 5.42. The van der Waals surface area contributed by atoms with Crippen LogP contribution >= 0.6 is 11.6 Å². The molecule has 1 amide bonds. The van der Waals surface area contributed by atoms with Gasteiger partial charge in [0.1, 0.15) is 17.5 Å². The van der Waals surface area contributed by atoms with E-state index in [2.05, 4.69) is 0 Å². The number of hydrogen-bond donors (Lipinski definition) is 2. The van der Waals surface area contributed by atoms with Gasteiger partial charge in [-0.25, -0.2) is 13.9 Å². The zero-order chi connectivity index (χ0) is 21.7. The summed E-state index contributed by atoms with van der Waals surface area (Å²) in [5, 5.41) is 9.76. The standard InChI is InChI=1S/C21H25ClN2O5S/c1-24(20(21(25)23-26)15-5-3-2-4-6-15)30(27,28)19-13-11-18(12-14-19)29-17-9-7-16(22)8-10-17/h7-15,20,26H,2-6H2,1H3,(H,23,25)/t20-/m1/s1. The highest BCUT2D eigenvalue weighted by Crippen LogP contribution is 2.32. The Kier molecular flexibility index (Phi) is 7.36. The molecule has 1 aliphatic carbocycles. The molecule has 1 atom stereocenters. The van der Waals surface area contributed by atoms with Gasteiger partial charge in [0.15, 0.2) is 0 Å². The molecule has 0 spiro atoms. The second-order valence-corrected chi connectivity index (χ2v) is 9.80. The first-order chi connectivity index (χ1) is 14.3. The number of carbonyl (C=O) groups is 1. The van der Waals surface area contributed by atoms with Crippen molar-refractivity contribution in [3.05, 3.63) is 53.6 Å². The molecule has 1 saturated carbocycles. The zero-order valence-electron chi connectivity index (χ0n) is 16.6. The monoisotopic (exact) mass is 452 g/mol. The van der Waals surface area contributed by atoms with Crippen molar-refractivity contribution < 1.29 is 23.2 Å². The van der Waals surface area contributed by atoms with Gasteiger partial charge in [-0.05, 0) is 67.3 Å². The molecule has 2 aromatic carbocycles. The van der Waals surface area contributed by atoms with Crippen molar-refractivity contribution in [3.63, 3.8) is 0 Å². The fraction of sp³-hybridized carbons (Fsp3) is 0.381. The fourth-order valence-electron chi connectivity index (χ4n) is 3.83. The van der Waals surface area contributed by atoms with Gasteiger partial charge >= 0.3 is 0 Å². The molecule has 0 heterocycles. The Morgan fingerprint density at radius 3 is 2.13 bits per heavy atom. The number of nitrogens with zero attached hydrogens (tertiary/aromatic N) is 1. The molecular weight excluding hydrogens is 428 g/mol. The van der Waals surface area contributed by atoms with Gasteiger partial charge in [-0.15, -0.1) is 0 Å². The van der Waals surface area contributed by atoms with E-state index in [0.717, 1.165) is 36.4 Å². The van der Waals surface area contributed by atoms with Crippen molar-refractivity contribution in [3.8, 4) is 11.5 Å². The molecule has 0 saturated heterocycles. The summed E-state index contributed by atoms with van der Waals surface area (Å²) in [5.74, 6) is 0.189. The average molecular weight is 453 g/mol. The number of ether oxygens (including phenoxy) is 1. The van der Waals surface area contributed by atoms with Crippen molar-refractivity contribution in [2.45, 2.75) is 43.0 Å². The second kappa shape index (κ2) is 9.78. The highest BCUT2D eigenvalue weighted by molar-refractivity contribution is 7.89. The maximum Gasteiger partial charge on any atom is 0.262 e. The summed E-state index contributed by atoms with van der Waals surface area (Å²) < 4.78 is 33.1. The van der Waals surface area contributed by atoms with Crippen molar-refractivity contribution >= 4 is 27.5 Å². The Labute approximate surface area is 181 Å². The van der Waals surface area contributed by atoms with Crippen LogP contribution in [-0.4, -0.2) is 36.9 Å². The number of hydrogen-bond acceptors (Lipinski definition) is 5. The van der Waals surface area contributed by atoms with Crippen LogP contribution in [0.2, 0.25) is 5.02 Å². The van der Waals surface area contributed by atoms with Gasteiger partial charge < -0.3 is 4.74 Å². The second-order valence-electron chi connectivity index (χ2n) is 7.37. The van der Waals surface area contributed by atoms with Gasteiger partial charge in [-0.3, -0.25) is 10.0 Å². The van der Waals surface area contributed by atoms with E-state index in [1.807, 2.05) is 0 Å². The van der Waals surface area contributed by atoms with Gasteiger partial charge in [0, 0.05) is 12.1 Å². The van der Waals surface area contributed by atoms with Crippen molar-refractivity contribution in [1.82, 2.24) is 9.79 Å². The van der Waals surface area contributed by atoms with E-state index >= 15 is 0 Å². The van der Waals surface area contributed by atoms with Crippen LogP contribution < -0.4 is 10.2 Å². The Morgan fingerprint density at radius 2 is 1.60 bits per heavy atom. The van der Waals surface area contributed by atoms with Crippen LogP contribution in [0.25, 0.3) is 0 Å². The SMILES string of the molecule is CN([C@@H](C(=O)NO)C1CCCCC1)S(=O)(=O)c1ccc(Oc2ccc(Cl)cc2)cc1. The lowest BCUT2D eigenvalue weighted by atomic mass is 9.83. The number of likely N-dealkylation sites (N-methyl/N-ethyl adjacent to an activating group) is 1. The van der Waals surface area contributed by atoms with E-state index in [4.69, 9.17) is 21.5 Å². The number of hydroxylamine groups is 1. The summed E-state index contributed by atoms with van der Waals surface area (Å²) >= 11 is 5.86. The quantitative estimate of drug-likeness (QED) is 0.484. The number of halogens is 1. The average Bonchev–Trinajstić information content (AvgIpc) is 2.76. The van der Waals surface area contributed by atoms with E-state index in [1.165, 1.54) is 19.2 Å². The zero-order valence-corrected chi connectivity index (χ0v) is 18.2. The Balaban J connectivity index is 1.80. The first-order valence-electron chi connectivity index (χ1n) is 9.78. The molecule has 0 unspecified atom stereocenters. The molecule has 2 N–H and O–H groups in total. The molecule has 0 aromatic heterocycles.